The van der Waals surface area contributed by atoms with Crippen LogP contribution in [0.15, 0.2) is 24.3 Å². The van der Waals surface area contributed by atoms with Crippen LogP contribution in [-0.2, 0) is 4.74 Å². The molecule has 0 bridgehead atoms. The molecule has 1 aromatic carbocycles. The largest absolute Gasteiger partial charge is 0.465 e. The Bertz CT molecular complexity index is 513. The van der Waals surface area contributed by atoms with E-state index in [1.807, 2.05) is 6.07 Å². The van der Waals surface area contributed by atoms with E-state index in [0.717, 1.165) is 31.6 Å². The average Bonchev–Trinajstić information content (AvgIpc) is 2.49. The molecule has 5 nitrogen and oxygen atoms in total. The number of rotatable bonds is 3. The first-order valence-electron chi connectivity index (χ1n) is 7.03. The Morgan fingerprint density at radius 1 is 1.38 bits per heavy atom. The number of nitrogens with one attached hydrogen (secondary N) is 2. The summed E-state index contributed by atoms with van der Waals surface area (Å²) in [5, 5.41) is 7.04. The number of ether oxygens (including phenoxy) is 1. The normalized spacial score (nSPS) is 16.3. The summed E-state index contributed by atoms with van der Waals surface area (Å²) < 4.78 is 4.71. The number of thiocarbonyl (C=S) groups is 1. The molecule has 1 fully saturated rings. The first kappa shape index (κ1) is 15.7. The summed E-state index contributed by atoms with van der Waals surface area (Å²) in [5.41, 5.74) is 1.29. The summed E-state index contributed by atoms with van der Waals surface area (Å²) in [6.07, 6.45) is 2.17. The molecule has 0 unspecified atom stereocenters. The van der Waals surface area contributed by atoms with Crippen LogP contribution in [0.4, 0.5) is 5.69 Å². The van der Waals surface area contributed by atoms with Crippen LogP contribution in [0.1, 0.15) is 23.2 Å². The zero-order chi connectivity index (χ0) is 15.2. The minimum atomic E-state index is -0.354. The molecule has 1 aliphatic rings. The molecular formula is C15H21N3O2S. The van der Waals surface area contributed by atoms with E-state index in [9.17, 15) is 4.79 Å². The number of benzene rings is 1. The van der Waals surface area contributed by atoms with Crippen molar-refractivity contribution in [3.63, 3.8) is 0 Å². The van der Waals surface area contributed by atoms with E-state index in [2.05, 4.69) is 22.6 Å². The van der Waals surface area contributed by atoms with Crippen LogP contribution in [0.3, 0.4) is 0 Å². The van der Waals surface area contributed by atoms with Crippen molar-refractivity contribution in [2.24, 2.45) is 0 Å². The van der Waals surface area contributed by atoms with Crippen molar-refractivity contribution in [3.05, 3.63) is 29.8 Å². The Kier molecular flexibility index (Phi) is 5.52. The fourth-order valence-electron chi connectivity index (χ4n) is 2.35. The molecule has 1 aliphatic heterocycles. The molecule has 0 aromatic heterocycles. The second-order valence-electron chi connectivity index (χ2n) is 5.25. The molecule has 1 aromatic rings. The fraction of sp³-hybridized carbons (Fsp3) is 0.467. The number of likely N-dealkylation sites (tertiary alicyclic amines) is 1. The van der Waals surface area contributed by atoms with Crippen LogP contribution < -0.4 is 10.6 Å². The highest BCUT2D eigenvalue weighted by molar-refractivity contribution is 7.80. The van der Waals surface area contributed by atoms with Gasteiger partial charge in [0.25, 0.3) is 0 Å². The first-order chi connectivity index (χ1) is 10.1. The molecule has 2 N–H and O–H groups in total. The molecule has 0 amide bonds. The van der Waals surface area contributed by atoms with E-state index in [-0.39, 0.29) is 5.97 Å². The van der Waals surface area contributed by atoms with Crippen molar-refractivity contribution < 1.29 is 9.53 Å². The smallest absolute Gasteiger partial charge is 0.337 e. The van der Waals surface area contributed by atoms with E-state index in [4.69, 9.17) is 17.0 Å². The third kappa shape index (κ3) is 4.68. The minimum Gasteiger partial charge on any atom is -0.465 e. The summed E-state index contributed by atoms with van der Waals surface area (Å²) in [4.78, 5) is 13.8. The van der Waals surface area contributed by atoms with E-state index in [0.29, 0.717) is 16.7 Å². The minimum absolute atomic E-state index is 0.354. The van der Waals surface area contributed by atoms with Gasteiger partial charge in [0.2, 0.25) is 0 Å². The highest BCUT2D eigenvalue weighted by atomic mass is 32.1. The monoisotopic (exact) mass is 307 g/mol. The van der Waals surface area contributed by atoms with Crippen molar-refractivity contribution in [1.82, 2.24) is 10.2 Å². The summed E-state index contributed by atoms with van der Waals surface area (Å²) in [5.74, 6) is -0.354. The summed E-state index contributed by atoms with van der Waals surface area (Å²) >= 11 is 5.33. The second-order valence-corrected chi connectivity index (χ2v) is 5.66. The van der Waals surface area contributed by atoms with Crippen LogP contribution >= 0.6 is 12.2 Å². The topological polar surface area (TPSA) is 53.6 Å². The lowest BCUT2D eigenvalue weighted by Gasteiger charge is -2.30. The number of hydrogen-bond donors (Lipinski definition) is 2. The van der Waals surface area contributed by atoms with Crippen LogP contribution in [0, 0.1) is 0 Å². The van der Waals surface area contributed by atoms with Gasteiger partial charge in [0.1, 0.15) is 0 Å². The maximum Gasteiger partial charge on any atom is 0.337 e. The number of esters is 1. The Hall–Kier alpha value is -1.66. The van der Waals surface area contributed by atoms with E-state index in [1.165, 1.54) is 7.11 Å². The Morgan fingerprint density at radius 3 is 2.76 bits per heavy atom. The number of hydrogen-bond acceptors (Lipinski definition) is 4. The number of methoxy groups -OCH3 is 1. The molecule has 0 aliphatic carbocycles. The van der Waals surface area contributed by atoms with E-state index >= 15 is 0 Å². The maximum atomic E-state index is 11.5. The van der Waals surface area contributed by atoms with Gasteiger partial charge in [-0.05, 0) is 63.4 Å². The van der Waals surface area contributed by atoms with Gasteiger partial charge in [-0.15, -0.1) is 0 Å². The zero-order valence-corrected chi connectivity index (χ0v) is 13.2. The van der Waals surface area contributed by atoms with Crippen LogP contribution in [0.5, 0.6) is 0 Å². The number of carbonyl (C=O) groups is 1. The van der Waals surface area contributed by atoms with Gasteiger partial charge in [-0.25, -0.2) is 4.79 Å². The van der Waals surface area contributed by atoms with Gasteiger partial charge < -0.3 is 20.3 Å². The number of carbonyl (C=O) groups excluding carboxylic acids is 1. The van der Waals surface area contributed by atoms with Gasteiger partial charge >= 0.3 is 5.97 Å². The highest BCUT2D eigenvalue weighted by Gasteiger charge is 2.17. The first-order valence-corrected chi connectivity index (χ1v) is 7.44. The molecule has 6 heteroatoms. The fourth-order valence-corrected chi connectivity index (χ4v) is 2.63. The van der Waals surface area contributed by atoms with Gasteiger partial charge in [0, 0.05) is 11.7 Å². The van der Waals surface area contributed by atoms with Gasteiger partial charge in [0.05, 0.1) is 12.7 Å². The summed E-state index contributed by atoms with van der Waals surface area (Å²) in [6.45, 7) is 2.16. The predicted octanol–water partition coefficient (Wildman–Crippen LogP) is 1.85. The van der Waals surface area contributed by atoms with Gasteiger partial charge in [-0.3, -0.25) is 0 Å². The number of anilines is 1. The lowest BCUT2D eigenvalue weighted by Crippen LogP contribution is -2.44. The number of piperidine rings is 1. The van der Waals surface area contributed by atoms with E-state index < -0.39 is 0 Å². The SMILES string of the molecule is COC(=O)c1cccc(NC(=S)NC2CCN(C)CC2)c1. The molecule has 1 saturated heterocycles. The predicted molar refractivity (Wildman–Crippen MR) is 87.7 cm³/mol. The third-order valence-electron chi connectivity index (χ3n) is 3.60. The Labute approximate surface area is 130 Å². The molecule has 0 radical (unpaired) electrons. The lowest BCUT2D eigenvalue weighted by molar-refractivity contribution is 0.0601. The summed E-state index contributed by atoms with van der Waals surface area (Å²) in [6, 6.07) is 7.52. The van der Waals surface area contributed by atoms with Crippen molar-refractivity contribution in [1.29, 1.82) is 0 Å². The number of nitrogens with zero attached hydrogens (tertiary/aromatic N) is 1. The molecule has 114 valence electrons. The lowest BCUT2D eigenvalue weighted by atomic mass is 10.1. The van der Waals surface area contributed by atoms with Crippen molar-refractivity contribution >= 4 is 29.0 Å². The van der Waals surface area contributed by atoms with Crippen LogP contribution in [0.2, 0.25) is 0 Å². The van der Waals surface area contributed by atoms with Crippen molar-refractivity contribution in [3.8, 4) is 0 Å². The van der Waals surface area contributed by atoms with Gasteiger partial charge in [-0.2, -0.15) is 0 Å². The maximum absolute atomic E-state index is 11.5. The quantitative estimate of drug-likeness (QED) is 0.657. The van der Waals surface area contributed by atoms with Crippen LogP contribution in [0.25, 0.3) is 0 Å². The van der Waals surface area contributed by atoms with Gasteiger partial charge in [-0.1, -0.05) is 6.07 Å². The highest BCUT2D eigenvalue weighted by Crippen LogP contribution is 2.12. The Balaban J connectivity index is 1.89. The standard InChI is InChI=1S/C15H21N3O2S/c1-18-8-6-12(7-9-18)16-15(21)17-13-5-3-4-11(10-13)14(19)20-2/h3-5,10,12H,6-9H2,1-2H3,(H2,16,17,21). The summed E-state index contributed by atoms with van der Waals surface area (Å²) in [7, 11) is 3.50. The molecule has 1 heterocycles. The molecule has 21 heavy (non-hydrogen) atoms. The molecule has 0 atom stereocenters. The van der Waals surface area contributed by atoms with Crippen molar-refractivity contribution in [2.45, 2.75) is 18.9 Å². The molecule has 0 saturated carbocycles. The molecular weight excluding hydrogens is 286 g/mol. The average molecular weight is 307 g/mol. The van der Waals surface area contributed by atoms with Crippen molar-refractivity contribution in [2.75, 3.05) is 32.6 Å². The zero-order valence-electron chi connectivity index (χ0n) is 12.4. The van der Waals surface area contributed by atoms with Crippen LogP contribution in [-0.4, -0.2) is 49.3 Å². The third-order valence-corrected chi connectivity index (χ3v) is 3.82. The molecule has 2 rings (SSSR count). The second kappa shape index (κ2) is 7.38. The Morgan fingerprint density at radius 2 is 2.10 bits per heavy atom. The molecule has 0 spiro atoms. The van der Waals surface area contributed by atoms with Gasteiger partial charge in [0.15, 0.2) is 5.11 Å². The van der Waals surface area contributed by atoms with E-state index in [1.54, 1.807) is 18.2 Å².